The summed E-state index contributed by atoms with van der Waals surface area (Å²) in [6.45, 7) is 1.88. The number of benzene rings is 1. The third kappa shape index (κ3) is 3.03. The van der Waals surface area contributed by atoms with Crippen LogP contribution in [-0.4, -0.2) is 5.91 Å². The van der Waals surface area contributed by atoms with Crippen molar-refractivity contribution in [2.75, 3.05) is 11.1 Å². The molecule has 94 valence electrons. The van der Waals surface area contributed by atoms with Crippen molar-refractivity contribution in [2.24, 2.45) is 0 Å². The second-order valence-corrected chi connectivity index (χ2v) is 5.23. The van der Waals surface area contributed by atoms with E-state index in [0.29, 0.717) is 22.8 Å². The summed E-state index contributed by atoms with van der Waals surface area (Å²) in [4.78, 5) is 11.8. The lowest BCUT2D eigenvalue weighted by Gasteiger charge is -2.10. The highest BCUT2D eigenvalue weighted by atomic mass is 35.5. The maximum atomic E-state index is 11.8. The van der Waals surface area contributed by atoms with Gasteiger partial charge >= 0.3 is 0 Å². The first-order chi connectivity index (χ1) is 8.56. The van der Waals surface area contributed by atoms with E-state index in [4.69, 9.17) is 17.3 Å². The van der Waals surface area contributed by atoms with Crippen LogP contribution in [0.15, 0.2) is 29.0 Å². The van der Waals surface area contributed by atoms with Crippen LogP contribution in [0.3, 0.4) is 0 Å². The monoisotopic (exact) mass is 280 g/mol. The molecule has 0 aliphatic carbocycles. The number of nitrogens with one attached hydrogen (secondary N) is 1. The van der Waals surface area contributed by atoms with E-state index < -0.39 is 0 Å². The minimum Gasteiger partial charge on any atom is -0.398 e. The van der Waals surface area contributed by atoms with Crippen LogP contribution in [0.5, 0.6) is 0 Å². The molecule has 1 heterocycles. The van der Waals surface area contributed by atoms with E-state index in [2.05, 4.69) is 5.32 Å². The minimum absolute atomic E-state index is 0.0580. The predicted octanol–water partition coefficient (Wildman–Crippen LogP) is 3.47. The van der Waals surface area contributed by atoms with Crippen molar-refractivity contribution in [1.82, 2.24) is 0 Å². The molecule has 0 radical (unpaired) electrons. The smallest absolute Gasteiger partial charge is 0.228 e. The van der Waals surface area contributed by atoms with Gasteiger partial charge < -0.3 is 11.1 Å². The first-order valence-electron chi connectivity index (χ1n) is 5.43. The normalized spacial score (nSPS) is 10.3. The van der Waals surface area contributed by atoms with Gasteiger partial charge in [0.25, 0.3) is 0 Å². The molecular weight excluding hydrogens is 268 g/mol. The highest BCUT2D eigenvalue weighted by molar-refractivity contribution is 7.08. The molecule has 0 spiro atoms. The predicted molar refractivity (Wildman–Crippen MR) is 77.3 cm³/mol. The van der Waals surface area contributed by atoms with Crippen LogP contribution in [0.4, 0.5) is 11.4 Å². The van der Waals surface area contributed by atoms with E-state index in [-0.39, 0.29) is 5.91 Å². The Kier molecular flexibility index (Phi) is 3.89. The zero-order valence-electron chi connectivity index (χ0n) is 9.87. The highest BCUT2D eigenvalue weighted by Gasteiger charge is 2.08. The Morgan fingerprint density at radius 3 is 2.94 bits per heavy atom. The van der Waals surface area contributed by atoms with Gasteiger partial charge in [-0.15, -0.1) is 0 Å². The molecule has 0 unspecified atom stereocenters. The largest absolute Gasteiger partial charge is 0.398 e. The molecule has 2 aromatic rings. The second kappa shape index (κ2) is 5.42. The molecule has 1 aromatic heterocycles. The van der Waals surface area contributed by atoms with Gasteiger partial charge in [-0.25, -0.2) is 0 Å². The number of carbonyl (C=O) groups is 1. The number of rotatable bonds is 3. The maximum Gasteiger partial charge on any atom is 0.228 e. The summed E-state index contributed by atoms with van der Waals surface area (Å²) >= 11 is 7.52. The molecule has 1 amide bonds. The molecule has 1 aromatic carbocycles. The Morgan fingerprint density at radius 1 is 1.50 bits per heavy atom. The number of amides is 1. The molecule has 0 bridgehead atoms. The maximum absolute atomic E-state index is 11.8. The van der Waals surface area contributed by atoms with Gasteiger partial charge in [-0.2, -0.15) is 11.3 Å². The molecule has 5 heteroatoms. The van der Waals surface area contributed by atoms with Crippen molar-refractivity contribution in [2.45, 2.75) is 13.3 Å². The fourth-order valence-electron chi connectivity index (χ4n) is 1.61. The number of carbonyl (C=O) groups excluding carboxylic acids is 1. The van der Waals surface area contributed by atoms with Crippen molar-refractivity contribution in [3.05, 3.63) is 45.1 Å². The Balaban J connectivity index is 2.09. The van der Waals surface area contributed by atoms with Gasteiger partial charge in [0, 0.05) is 5.69 Å². The first-order valence-corrected chi connectivity index (χ1v) is 6.75. The van der Waals surface area contributed by atoms with E-state index in [0.717, 1.165) is 11.1 Å². The number of halogens is 1. The molecule has 0 aliphatic rings. The van der Waals surface area contributed by atoms with Crippen LogP contribution in [0.25, 0.3) is 0 Å². The van der Waals surface area contributed by atoms with Gasteiger partial charge in [0.15, 0.2) is 0 Å². The van der Waals surface area contributed by atoms with Gasteiger partial charge in [-0.05, 0) is 47.0 Å². The minimum atomic E-state index is -0.0580. The Labute approximate surface area is 115 Å². The molecule has 0 atom stereocenters. The highest BCUT2D eigenvalue weighted by Crippen LogP contribution is 2.26. The van der Waals surface area contributed by atoms with Gasteiger partial charge in [0.1, 0.15) is 0 Å². The number of nitrogen functional groups attached to an aromatic ring is 1. The average Bonchev–Trinajstić information content (AvgIpc) is 2.78. The summed E-state index contributed by atoms with van der Waals surface area (Å²) in [7, 11) is 0. The van der Waals surface area contributed by atoms with E-state index in [1.165, 1.54) is 0 Å². The number of aryl methyl sites for hydroxylation is 1. The zero-order chi connectivity index (χ0) is 13.1. The summed E-state index contributed by atoms with van der Waals surface area (Å²) in [5, 5.41) is 7.21. The number of thiophene rings is 1. The molecule has 0 aliphatic heterocycles. The van der Waals surface area contributed by atoms with Crippen LogP contribution in [-0.2, 0) is 11.2 Å². The third-order valence-corrected chi connectivity index (χ3v) is 3.62. The Hall–Kier alpha value is -1.52. The summed E-state index contributed by atoms with van der Waals surface area (Å²) in [5.74, 6) is -0.0580. The van der Waals surface area contributed by atoms with Crippen molar-refractivity contribution in [1.29, 1.82) is 0 Å². The van der Waals surface area contributed by atoms with Gasteiger partial charge in [0.05, 0.1) is 17.1 Å². The molecular formula is C13H13ClN2OS. The Morgan fingerprint density at radius 2 is 2.28 bits per heavy atom. The molecule has 3 N–H and O–H groups in total. The lowest BCUT2D eigenvalue weighted by Crippen LogP contribution is -2.15. The van der Waals surface area contributed by atoms with Crippen molar-refractivity contribution < 1.29 is 4.79 Å². The van der Waals surface area contributed by atoms with Crippen molar-refractivity contribution in [3.63, 3.8) is 0 Å². The lowest BCUT2D eigenvalue weighted by molar-refractivity contribution is -0.115. The van der Waals surface area contributed by atoms with Crippen LogP contribution in [0.1, 0.15) is 11.1 Å². The Bertz CT molecular complexity index is 567. The molecule has 3 nitrogen and oxygen atoms in total. The third-order valence-electron chi connectivity index (χ3n) is 2.56. The van der Waals surface area contributed by atoms with Crippen LogP contribution < -0.4 is 11.1 Å². The SMILES string of the molecule is Cc1cc(N)c(Cl)cc1NC(=O)Cc1ccsc1. The lowest BCUT2D eigenvalue weighted by atomic mass is 10.1. The van der Waals surface area contributed by atoms with E-state index in [1.54, 1.807) is 23.5 Å². The summed E-state index contributed by atoms with van der Waals surface area (Å²) in [6.07, 6.45) is 0.366. The zero-order valence-corrected chi connectivity index (χ0v) is 11.4. The van der Waals surface area contributed by atoms with E-state index in [1.807, 2.05) is 23.8 Å². The van der Waals surface area contributed by atoms with Crippen molar-refractivity contribution >= 4 is 40.2 Å². The van der Waals surface area contributed by atoms with Gasteiger partial charge in [-0.1, -0.05) is 11.6 Å². The number of anilines is 2. The van der Waals surface area contributed by atoms with Crippen molar-refractivity contribution in [3.8, 4) is 0 Å². The molecule has 0 saturated carbocycles. The molecule has 18 heavy (non-hydrogen) atoms. The van der Waals surface area contributed by atoms with Gasteiger partial charge in [0.2, 0.25) is 5.91 Å². The number of nitrogens with two attached hydrogens (primary N) is 1. The van der Waals surface area contributed by atoms with Gasteiger partial charge in [-0.3, -0.25) is 4.79 Å². The second-order valence-electron chi connectivity index (χ2n) is 4.05. The van der Waals surface area contributed by atoms with Crippen LogP contribution in [0, 0.1) is 6.92 Å². The topological polar surface area (TPSA) is 55.1 Å². The standard InChI is InChI=1S/C13H13ClN2OS/c1-8-4-11(15)10(14)6-12(8)16-13(17)5-9-2-3-18-7-9/h2-4,6-7H,5,15H2,1H3,(H,16,17). The van der Waals surface area contributed by atoms with E-state index in [9.17, 15) is 4.79 Å². The fraction of sp³-hybridized carbons (Fsp3) is 0.154. The summed E-state index contributed by atoms with van der Waals surface area (Å²) in [5.41, 5.74) is 8.82. The van der Waals surface area contributed by atoms with Crippen LogP contribution >= 0.6 is 22.9 Å². The molecule has 0 saturated heterocycles. The summed E-state index contributed by atoms with van der Waals surface area (Å²) in [6, 6.07) is 5.37. The quantitative estimate of drug-likeness (QED) is 0.846. The van der Waals surface area contributed by atoms with E-state index >= 15 is 0 Å². The first kappa shape index (κ1) is 12.9. The summed E-state index contributed by atoms with van der Waals surface area (Å²) < 4.78 is 0. The molecule has 2 rings (SSSR count). The fourth-order valence-corrected chi connectivity index (χ4v) is 2.44. The molecule has 0 fully saturated rings. The number of hydrogen-bond acceptors (Lipinski definition) is 3. The average molecular weight is 281 g/mol. The van der Waals surface area contributed by atoms with Crippen LogP contribution in [0.2, 0.25) is 5.02 Å². The number of hydrogen-bond donors (Lipinski definition) is 2.